The van der Waals surface area contributed by atoms with Crippen LogP contribution in [0.25, 0.3) is 0 Å². The van der Waals surface area contributed by atoms with Crippen molar-refractivity contribution in [2.24, 2.45) is 11.8 Å². The van der Waals surface area contributed by atoms with Crippen LogP contribution in [0.1, 0.15) is 25.7 Å². The van der Waals surface area contributed by atoms with Crippen molar-refractivity contribution in [3.8, 4) is 0 Å². The van der Waals surface area contributed by atoms with Crippen molar-refractivity contribution in [1.29, 1.82) is 0 Å². The molecule has 0 unspecified atom stereocenters. The third-order valence-corrected chi connectivity index (χ3v) is 3.82. The molecule has 3 rings (SSSR count). The predicted molar refractivity (Wildman–Crippen MR) is 65.4 cm³/mol. The fourth-order valence-electron chi connectivity index (χ4n) is 2.04. The van der Waals surface area contributed by atoms with E-state index in [2.05, 4.69) is 0 Å². The Morgan fingerprint density at radius 1 is 1.06 bits per heavy atom. The van der Waals surface area contributed by atoms with Crippen molar-refractivity contribution in [3.63, 3.8) is 0 Å². The quantitative estimate of drug-likeness (QED) is 0.764. The van der Waals surface area contributed by atoms with E-state index in [4.69, 9.17) is 11.6 Å². The first kappa shape index (κ1) is 11.1. The fourth-order valence-corrected chi connectivity index (χ4v) is 2.27. The molecule has 1 heterocycles. The highest BCUT2D eigenvalue weighted by Gasteiger charge is 2.26. The van der Waals surface area contributed by atoms with Crippen LogP contribution in [0.3, 0.4) is 0 Å². The van der Waals surface area contributed by atoms with Crippen LogP contribution >= 0.6 is 11.6 Å². The summed E-state index contributed by atoms with van der Waals surface area (Å²) in [5.41, 5.74) is -0.500. The van der Waals surface area contributed by atoms with Crippen molar-refractivity contribution in [1.82, 2.24) is 9.13 Å². The van der Waals surface area contributed by atoms with Crippen molar-refractivity contribution in [2.75, 3.05) is 0 Å². The summed E-state index contributed by atoms with van der Waals surface area (Å²) < 4.78 is 2.88. The molecule has 92 valence electrons. The van der Waals surface area contributed by atoms with Crippen molar-refractivity contribution in [3.05, 3.63) is 32.1 Å². The summed E-state index contributed by atoms with van der Waals surface area (Å²) in [5.74, 6) is 1.08. The van der Waals surface area contributed by atoms with Crippen LogP contribution in [0.5, 0.6) is 0 Å². The Morgan fingerprint density at radius 3 is 2.12 bits per heavy atom. The van der Waals surface area contributed by atoms with Gasteiger partial charge < -0.3 is 0 Å². The molecule has 0 atom stereocenters. The molecular weight excluding hydrogens is 240 g/mol. The maximum absolute atomic E-state index is 12.2. The molecule has 2 aliphatic carbocycles. The number of hydrogen-bond acceptors (Lipinski definition) is 2. The highest BCUT2D eigenvalue weighted by Crippen LogP contribution is 2.31. The molecule has 1 aromatic heterocycles. The number of nitrogens with zero attached hydrogens (tertiary/aromatic N) is 2. The molecule has 0 aromatic carbocycles. The van der Waals surface area contributed by atoms with Gasteiger partial charge in [0, 0.05) is 19.2 Å². The topological polar surface area (TPSA) is 44.0 Å². The zero-order valence-corrected chi connectivity index (χ0v) is 10.3. The van der Waals surface area contributed by atoms with Gasteiger partial charge in [0.25, 0.3) is 5.56 Å². The second-order valence-electron chi connectivity index (χ2n) is 5.20. The van der Waals surface area contributed by atoms with Crippen molar-refractivity contribution >= 4 is 11.6 Å². The first-order chi connectivity index (χ1) is 8.15. The third kappa shape index (κ3) is 2.32. The lowest BCUT2D eigenvalue weighted by Crippen LogP contribution is -2.40. The zero-order valence-electron chi connectivity index (χ0n) is 9.56. The molecule has 1 aromatic rings. The van der Waals surface area contributed by atoms with E-state index < -0.39 is 0 Å². The van der Waals surface area contributed by atoms with Crippen molar-refractivity contribution in [2.45, 2.75) is 38.8 Å². The molecule has 2 saturated carbocycles. The summed E-state index contributed by atoms with van der Waals surface area (Å²) in [5, 5.41) is 0.277. The van der Waals surface area contributed by atoms with Gasteiger partial charge in [0.1, 0.15) is 5.15 Å². The lowest BCUT2D eigenvalue weighted by atomic mass is 10.4. The Labute approximate surface area is 104 Å². The van der Waals surface area contributed by atoms with Crippen LogP contribution in [-0.2, 0) is 13.1 Å². The van der Waals surface area contributed by atoms with Gasteiger partial charge in [-0.3, -0.25) is 13.9 Å². The maximum Gasteiger partial charge on any atom is 0.332 e. The van der Waals surface area contributed by atoms with E-state index in [9.17, 15) is 9.59 Å². The Kier molecular flexibility index (Phi) is 2.62. The van der Waals surface area contributed by atoms with Gasteiger partial charge in [-0.1, -0.05) is 11.6 Å². The van der Waals surface area contributed by atoms with E-state index in [1.807, 2.05) is 0 Å². The van der Waals surface area contributed by atoms with Crippen LogP contribution in [-0.4, -0.2) is 9.13 Å². The second kappa shape index (κ2) is 4.02. The minimum atomic E-state index is -0.265. The predicted octanol–water partition coefficient (Wildman–Crippen LogP) is 1.48. The van der Waals surface area contributed by atoms with E-state index in [0.717, 1.165) is 25.7 Å². The van der Waals surface area contributed by atoms with Crippen molar-refractivity contribution < 1.29 is 0 Å². The van der Waals surface area contributed by atoms with Gasteiger partial charge in [0.05, 0.1) is 0 Å². The van der Waals surface area contributed by atoms with E-state index in [1.54, 1.807) is 4.57 Å². The average molecular weight is 255 g/mol. The summed E-state index contributed by atoms with van der Waals surface area (Å²) in [6.07, 6.45) is 4.56. The summed E-state index contributed by atoms with van der Waals surface area (Å²) in [7, 11) is 0. The van der Waals surface area contributed by atoms with Gasteiger partial charge in [-0.2, -0.15) is 0 Å². The summed E-state index contributed by atoms with van der Waals surface area (Å²) in [6.45, 7) is 1.21. The lowest BCUT2D eigenvalue weighted by Gasteiger charge is -2.11. The Morgan fingerprint density at radius 2 is 1.59 bits per heavy atom. The van der Waals surface area contributed by atoms with Gasteiger partial charge in [-0.25, -0.2) is 4.79 Å². The highest BCUT2D eigenvalue weighted by atomic mass is 35.5. The van der Waals surface area contributed by atoms with Gasteiger partial charge >= 0.3 is 5.69 Å². The largest absolute Gasteiger partial charge is 0.332 e. The number of aromatic nitrogens is 2. The summed E-state index contributed by atoms with van der Waals surface area (Å²) in [6, 6.07) is 1.37. The molecule has 2 fully saturated rings. The Bertz CT molecular complexity index is 553. The molecule has 2 aliphatic rings. The SMILES string of the molecule is O=c1cc(Cl)n(CC2CC2)c(=O)n1CC1CC1. The third-order valence-electron chi connectivity index (χ3n) is 3.50. The Balaban J connectivity index is 2.00. The molecule has 17 heavy (non-hydrogen) atoms. The maximum atomic E-state index is 12.2. The normalized spacial score (nSPS) is 19.6. The zero-order chi connectivity index (χ0) is 12.0. The molecule has 0 N–H and O–H groups in total. The molecule has 0 saturated heterocycles. The molecular formula is C12H15ClN2O2. The first-order valence-corrected chi connectivity index (χ1v) is 6.53. The summed E-state index contributed by atoms with van der Waals surface area (Å²) in [4.78, 5) is 23.9. The molecule has 0 amide bonds. The van der Waals surface area contributed by atoms with Gasteiger partial charge in [0.2, 0.25) is 0 Å². The van der Waals surface area contributed by atoms with E-state index in [-0.39, 0.29) is 16.4 Å². The standard InChI is InChI=1S/C12H15ClN2O2/c13-10-5-11(16)15(7-9-3-4-9)12(17)14(10)6-8-1-2-8/h5,8-9H,1-4,6-7H2. The number of hydrogen-bond donors (Lipinski definition) is 0. The van der Waals surface area contributed by atoms with Crippen LogP contribution in [0.4, 0.5) is 0 Å². The molecule has 0 aliphatic heterocycles. The molecule has 5 heteroatoms. The van der Waals surface area contributed by atoms with Crippen LogP contribution in [0.15, 0.2) is 15.7 Å². The van der Waals surface area contributed by atoms with E-state index >= 15 is 0 Å². The molecule has 0 spiro atoms. The smallest absolute Gasteiger partial charge is 0.283 e. The molecule has 0 bridgehead atoms. The Hall–Kier alpha value is -1.03. The minimum Gasteiger partial charge on any atom is -0.283 e. The highest BCUT2D eigenvalue weighted by molar-refractivity contribution is 6.29. The van der Waals surface area contributed by atoms with Gasteiger partial charge in [-0.15, -0.1) is 0 Å². The second-order valence-corrected chi connectivity index (χ2v) is 5.58. The van der Waals surface area contributed by atoms with Crippen LogP contribution in [0.2, 0.25) is 5.15 Å². The monoisotopic (exact) mass is 254 g/mol. The number of rotatable bonds is 4. The lowest BCUT2D eigenvalue weighted by molar-refractivity contribution is 0.507. The number of halogens is 1. The average Bonchev–Trinajstić information content (AvgIpc) is 3.12. The first-order valence-electron chi connectivity index (χ1n) is 6.15. The van der Waals surface area contributed by atoms with Gasteiger partial charge in [0.15, 0.2) is 0 Å². The van der Waals surface area contributed by atoms with Crippen LogP contribution in [0, 0.1) is 11.8 Å². The fraction of sp³-hybridized carbons (Fsp3) is 0.667. The van der Waals surface area contributed by atoms with E-state index in [0.29, 0.717) is 24.9 Å². The minimum absolute atomic E-state index is 0.235. The molecule has 4 nitrogen and oxygen atoms in total. The molecule has 0 radical (unpaired) electrons. The van der Waals surface area contributed by atoms with Crippen LogP contribution < -0.4 is 11.2 Å². The van der Waals surface area contributed by atoms with Gasteiger partial charge in [-0.05, 0) is 37.5 Å². The summed E-state index contributed by atoms with van der Waals surface area (Å²) >= 11 is 5.98. The van der Waals surface area contributed by atoms with E-state index in [1.165, 1.54) is 10.6 Å².